The second kappa shape index (κ2) is 6.99. The smallest absolute Gasteiger partial charge is 0.257 e. The van der Waals surface area contributed by atoms with Gasteiger partial charge in [-0.3, -0.25) is 4.79 Å². The topological polar surface area (TPSA) is 29.5 Å². The number of benzene rings is 2. The summed E-state index contributed by atoms with van der Waals surface area (Å²) in [6.45, 7) is 3.04. The normalized spacial score (nSPS) is 17.1. The molecule has 2 aromatic carbocycles. The lowest BCUT2D eigenvalue weighted by atomic mass is 10.0. The molecule has 0 bridgehead atoms. The maximum Gasteiger partial charge on any atom is 0.257 e. The molecule has 1 atom stereocenters. The first kappa shape index (κ1) is 16.4. The van der Waals surface area contributed by atoms with Crippen LogP contribution in [0.2, 0.25) is 0 Å². The van der Waals surface area contributed by atoms with E-state index >= 15 is 0 Å². The van der Waals surface area contributed by atoms with E-state index in [1.54, 1.807) is 4.90 Å². The highest BCUT2D eigenvalue weighted by atomic mass is 19.2. The van der Waals surface area contributed by atoms with Crippen LogP contribution in [-0.2, 0) is 0 Å². The Morgan fingerprint density at radius 1 is 1.21 bits per heavy atom. The Balaban J connectivity index is 1.84. The molecule has 2 aromatic rings. The highest BCUT2D eigenvalue weighted by Gasteiger charge is 2.32. The number of hydrogen-bond donors (Lipinski definition) is 0. The third-order valence-corrected chi connectivity index (χ3v) is 4.27. The van der Waals surface area contributed by atoms with Crippen molar-refractivity contribution in [2.75, 3.05) is 13.2 Å². The quantitative estimate of drug-likeness (QED) is 0.834. The molecule has 1 fully saturated rings. The highest BCUT2D eigenvalue weighted by molar-refractivity contribution is 5.95. The van der Waals surface area contributed by atoms with Crippen molar-refractivity contribution in [3.05, 3.63) is 65.2 Å². The number of ether oxygens (including phenoxy) is 1. The molecule has 126 valence electrons. The van der Waals surface area contributed by atoms with Gasteiger partial charge < -0.3 is 9.64 Å². The lowest BCUT2D eigenvalue weighted by Crippen LogP contribution is -2.31. The van der Waals surface area contributed by atoms with Crippen molar-refractivity contribution in [3.8, 4) is 5.75 Å². The molecule has 1 aliphatic heterocycles. The molecule has 0 aliphatic carbocycles. The van der Waals surface area contributed by atoms with E-state index in [2.05, 4.69) is 0 Å². The number of carbonyl (C=O) groups excluding carboxylic acids is 1. The van der Waals surface area contributed by atoms with Crippen LogP contribution in [-0.4, -0.2) is 24.0 Å². The Morgan fingerprint density at radius 2 is 1.96 bits per heavy atom. The van der Waals surface area contributed by atoms with Gasteiger partial charge in [0.15, 0.2) is 11.6 Å². The minimum Gasteiger partial charge on any atom is -0.494 e. The number of amides is 1. The summed E-state index contributed by atoms with van der Waals surface area (Å²) < 4.78 is 32.8. The molecule has 1 unspecified atom stereocenters. The highest BCUT2D eigenvalue weighted by Crippen LogP contribution is 2.34. The monoisotopic (exact) mass is 331 g/mol. The van der Waals surface area contributed by atoms with Crippen molar-refractivity contribution in [2.45, 2.75) is 25.8 Å². The first-order chi connectivity index (χ1) is 11.6. The summed E-state index contributed by atoms with van der Waals surface area (Å²) in [5.41, 5.74) is 0.758. The first-order valence-electron chi connectivity index (χ1n) is 8.09. The lowest BCUT2D eigenvalue weighted by molar-refractivity contribution is 0.0729. The van der Waals surface area contributed by atoms with Gasteiger partial charge in [-0.05, 0) is 49.6 Å². The van der Waals surface area contributed by atoms with Crippen LogP contribution in [0.15, 0.2) is 42.5 Å². The molecule has 1 amide bonds. The molecule has 1 heterocycles. The fraction of sp³-hybridized carbons (Fsp3) is 0.316. The van der Waals surface area contributed by atoms with Gasteiger partial charge in [-0.1, -0.05) is 18.2 Å². The predicted molar refractivity (Wildman–Crippen MR) is 87.0 cm³/mol. The van der Waals surface area contributed by atoms with Gasteiger partial charge in [0.25, 0.3) is 5.91 Å². The van der Waals surface area contributed by atoms with E-state index in [1.165, 1.54) is 12.1 Å². The number of nitrogens with zero attached hydrogens (tertiary/aromatic N) is 1. The third kappa shape index (κ3) is 3.11. The average molecular weight is 331 g/mol. The molecule has 0 aromatic heterocycles. The van der Waals surface area contributed by atoms with Crippen LogP contribution in [0.1, 0.15) is 41.7 Å². The van der Waals surface area contributed by atoms with Crippen LogP contribution in [0.3, 0.4) is 0 Å². The van der Waals surface area contributed by atoms with Crippen molar-refractivity contribution in [1.82, 2.24) is 4.90 Å². The summed E-state index contributed by atoms with van der Waals surface area (Å²) in [4.78, 5) is 14.3. The van der Waals surface area contributed by atoms with E-state index < -0.39 is 17.5 Å². The molecule has 3 nitrogen and oxygen atoms in total. The Hall–Kier alpha value is -2.43. The van der Waals surface area contributed by atoms with Crippen LogP contribution < -0.4 is 4.74 Å². The van der Waals surface area contributed by atoms with Crippen molar-refractivity contribution in [1.29, 1.82) is 0 Å². The van der Waals surface area contributed by atoms with Gasteiger partial charge >= 0.3 is 0 Å². The zero-order valence-electron chi connectivity index (χ0n) is 13.5. The molecular formula is C19H19F2NO2. The molecule has 0 radical (unpaired) electrons. The van der Waals surface area contributed by atoms with Crippen LogP contribution in [0, 0.1) is 11.6 Å². The molecule has 3 rings (SSSR count). The summed E-state index contributed by atoms with van der Waals surface area (Å²) >= 11 is 0. The van der Waals surface area contributed by atoms with Crippen molar-refractivity contribution >= 4 is 5.91 Å². The SMILES string of the molecule is CCOc1ccc(C2CCCN2C(=O)c2cccc(F)c2F)cc1. The van der Waals surface area contributed by atoms with Crippen LogP contribution >= 0.6 is 0 Å². The maximum absolute atomic E-state index is 13.9. The Bertz CT molecular complexity index is 731. The van der Waals surface area contributed by atoms with Gasteiger partial charge in [-0.2, -0.15) is 0 Å². The fourth-order valence-corrected chi connectivity index (χ4v) is 3.13. The second-order valence-corrected chi connectivity index (χ2v) is 5.76. The van der Waals surface area contributed by atoms with Gasteiger partial charge in [0, 0.05) is 6.54 Å². The van der Waals surface area contributed by atoms with Gasteiger partial charge in [0.05, 0.1) is 18.2 Å². The van der Waals surface area contributed by atoms with Gasteiger partial charge in [-0.25, -0.2) is 8.78 Å². The first-order valence-corrected chi connectivity index (χ1v) is 8.09. The number of hydrogen-bond acceptors (Lipinski definition) is 2. The van der Waals surface area contributed by atoms with E-state index in [0.717, 1.165) is 30.2 Å². The summed E-state index contributed by atoms with van der Waals surface area (Å²) in [7, 11) is 0. The fourth-order valence-electron chi connectivity index (χ4n) is 3.13. The maximum atomic E-state index is 13.9. The second-order valence-electron chi connectivity index (χ2n) is 5.76. The van der Waals surface area contributed by atoms with E-state index in [-0.39, 0.29) is 11.6 Å². The van der Waals surface area contributed by atoms with Crippen molar-refractivity contribution in [2.24, 2.45) is 0 Å². The summed E-state index contributed by atoms with van der Waals surface area (Å²) in [6, 6.07) is 11.1. The Labute approximate surface area is 139 Å². The van der Waals surface area contributed by atoms with E-state index in [1.807, 2.05) is 31.2 Å². The Morgan fingerprint density at radius 3 is 2.67 bits per heavy atom. The van der Waals surface area contributed by atoms with Crippen molar-refractivity contribution in [3.63, 3.8) is 0 Å². The van der Waals surface area contributed by atoms with Gasteiger partial charge in [0.1, 0.15) is 5.75 Å². The molecular weight excluding hydrogens is 312 g/mol. The molecule has 1 saturated heterocycles. The largest absolute Gasteiger partial charge is 0.494 e. The summed E-state index contributed by atoms with van der Waals surface area (Å²) in [6.07, 6.45) is 1.64. The summed E-state index contributed by atoms with van der Waals surface area (Å²) in [5.74, 6) is -1.78. The minimum absolute atomic E-state index is 0.129. The molecule has 24 heavy (non-hydrogen) atoms. The standard InChI is InChI=1S/C19H19F2NO2/c1-2-24-14-10-8-13(9-11-14)17-7-4-12-22(17)19(23)15-5-3-6-16(20)18(15)21/h3,5-6,8-11,17H,2,4,7,12H2,1H3. The van der Waals surface area contributed by atoms with E-state index in [9.17, 15) is 13.6 Å². The Kier molecular flexibility index (Phi) is 4.79. The zero-order chi connectivity index (χ0) is 17.1. The molecule has 1 aliphatic rings. The number of rotatable bonds is 4. The van der Waals surface area contributed by atoms with Crippen LogP contribution in [0.25, 0.3) is 0 Å². The predicted octanol–water partition coefficient (Wildman–Crippen LogP) is 4.34. The third-order valence-electron chi connectivity index (χ3n) is 4.27. The van der Waals surface area contributed by atoms with E-state index in [0.29, 0.717) is 13.2 Å². The summed E-state index contributed by atoms with van der Waals surface area (Å²) in [5, 5.41) is 0. The minimum atomic E-state index is -1.08. The average Bonchev–Trinajstić information content (AvgIpc) is 3.07. The van der Waals surface area contributed by atoms with Crippen LogP contribution in [0.5, 0.6) is 5.75 Å². The van der Waals surface area contributed by atoms with Gasteiger partial charge in [-0.15, -0.1) is 0 Å². The number of carbonyl (C=O) groups is 1. The lowest BCUT2D eigenvalue weighted by Gasteiger charge is -2.25. The zero-order valence-corrected chi connectivity index (χ0v) is 13.5. The molecule has 5 heteroatoms. The number of halogens is 2. The molecule has 0 spiro atoms. The molecule has 0 saturated carbocycles. The van der Waals surface area contributed by atoms with Crippen molar-refractivity contribution < 1.29 is 18.3 Å². The van der Waals surface area contributed by atoms with Gasteiger partial charge in [0.2, 0.25) is 0 Å². The molecule has 0 N–H and O–H groups in total. The number of likely N-dealkylation sites (tertiary alicyclic amines) is 1. The van der Waals surface area contributed by atoms with Crippen LogP contribution in [0.4, 0.5) is 8.78 Å². The van der Waals surface area contributed by atoms with E-state index in [4.69, 9.17) is 4.74 Å².